The highest BCUT2D eigenvalue weighted by Crippen LogP contribution is 2.69. The predicted octanol–water partition coefficient (Wildman–Crippen LogP) is 11.0. The molecule has 2 N–H and O–H groups in total. The average molecular weight is 1210 g/mol. The second-order valence-corrected chi connectivity index (χ2v) is 28.7. The molecule has 6 heterocycles. The minimum absolute atomic E-state index is 0.138. The third-order valence-corrected chi connectivity index (χ3v) is 23.6. The van der Waals surface area contributed by atoms with Crippen LogP contribution in [0.25, 0.3) is 0 Å². The lowest BCUT2D eigenvalue weighted by molar-refractivity contribution is -0.121. The van der Waals surface area contributed by atoms with Gasteiger partial charge in [0, 0.05) is 73.2 Å². The van der Waals surface area contributed by atoms with Gasteiger partial charge in [0.15, 0.2) is 0 Å². The van der Waals surface area contributed by atoms with E-state index in [-0.39, 0.29) is 47.0 Å². The number of sulfonamides is 2. The van der Waals surface area contributed by atoms with E-state index >= 15 is 9.59 Å². The molecule has 2 amide bonds. The number of rotatable bonds is 15. The van der Waals surface area contributed by atoms with Crippen LogP contribution in [0.2, 0.25) is 0 Å². The van der Waals surface area contributed by atoms with Gasteiger partial charge in [0.1, 0.15) is 10.8 Å². The van der Waals surface area contributed by atoms with Crippen molar-refractivity contribution in [2.75, 3.05) is 61.7 Å². The van der Waals surface area contributed by atoms with Crippen LogP contribution in [0.3, 0.4) is 0 Å². The molecule has 446 valence electrons. The first kappa shape index (κ1) is 57.0. The van der Waals surface area contributed by atoms with Crippen molar-refractivity contribution in [3.8, 4) is 0 Å². The number of anilines is 4. The number of aryl methyl sites for hydroxylation is 2. The van der Waals surface area contributed by atoms with Crippen molar-refractivity contribution in [2.45, 2.75) is 83.6 Å². The molecule has 0 saturated carbocycles. The molecule has 0 aliphatic carbocycles. The Hall–Kier alpha value is -8.80. The van der Waals surface area contributed by atoms with E-state index in [1.165, 1.54) is 22.7 Å². The van der Waals surface area contributed by atoms with Crippen LogP contribution in [0.1, 0.15) is 68.5 Å². The highest BCUT2D eigenvalue weighted by atomic mass is 32.2. The van der Waals surface area contributed by atoms with Crippen LogP contribution in [0.4, 0.5) is 22.7 Å². The molecule has 2 saturated heterocycles. The maximum atomic E-state index is 16.3. The third-order valence-electron chi connectivity index (χ3n) is 20.1. The van der Waals surface area contributed by atoms with Gasteiger partial charge in [-0.25, -0.2) is 16.8 Å². The first-order valence-electron chi connectivity index (χ1n) is 30.0. The minimum Gasteiger partial charge on any atom is -0.368 e. The first-order valence-corrected chi connectivity index (χ1v) is 32.9. The number of carbonyl (C=O) groups is 2. The summed E-state index contributed by atoms with van der Waals surface area (Å²) in [6.07, 6.45) is 7.57. The van der Waals surface area contributed by atoms with Crippen LogP contribution in [0, 0.1) is 13.8 Å². The number of likely N-dealkylation sites (tertiary alicyclic amines) is 2. The van der Waals surface area contributed by atoms with Gasteiger partial charge in [-0.3, -0.25) is 28.0 Å². The average Bonchev–Trinajstić information content (AvgIpc) is 1.50. The maximum Gasteiger partial charge on any atom is 0.263 e. The molecule has 0 bridgehead atoms. The van der Waals surface area contributed by atoms with Gasteiger partial charge in [0.2, 0.25) is 11.8 Å². The molecular formula is C72H70N8O6S2. The fraction of sp³-hybridized carbons (Fsp3) is 0.250. The van der Waals surface area contributed by atoms with E-state index in [1.807, 2.05) is 145 Å². The number of likely N-dealkylation sites (N-methyl/N-ethyl adjacent to an activating group) is 2. The van der Waals surface area contributed by atoms with Gasteiger partial charge in [0.05, 0.1) is 35.2 Å². The zero-order valence-corrected chi connectivity index (χ0v) is 51.8. The standard InChI is InChI=1S/C72H70N8O6S2/c1-49-31-35-53(36-32-49)87(83,84)77(5)45-39-69(55-23-13-15-29-61(55)79(67(69)81)47-51-19-9-7-10-20-51)57-25-17-27-59-63(57)73-65-71(59,41-43-75(65)3)72-42-44-76(4)66(72)74-64-58(26-18-28-60(64)72)70(40-46-78(6)88(85,86)54-37-33-50(2)34-38-54)56-24-14-16-30-62(56)80(68(70)82)48-52-21-11-8-12-22-52/h7-40,45-46,65-66,73-74H,41-44,47-48H2,1-6H3/b45-39+,46-40+/t65-,66+,69-,70-,71?,72?/m1/s1. The van der Waals surface area contributed by atoms with Crippen molar-refractivity contribution < 1.29 is 26.4 Å². The molecule has 6 aliphatic rings. The van der Waals surface area contributed by atoms with E-state index in [4.69, 9.17) is 0 Å². The van der Waals surface area contributed by atoms with Crippen molar-refractivity contribution in [1.29, 1.82) is 0 Å². The molecule has 6 atom stereocenters. The van der Waals surface area contributed by atoms with Crippen LogP contribution < -0.4 is 20.4 Å². The Morgan fingerprint density at radius 2 is 0.795 bits per heavy atom. The summed E-state index contributed by atoms with van der Waals surface area (Å²) in [5.74, 6) is -0.422. The molecule has 6 aliphatic heterocycles. The molecule has 0 radical (unpaired) electrons. The van der Waals surface area contributed by atoms with Crippen LogP contribution in [-0.4, -0.2) is 101 Å². The predicted molar refractivity (Wildman–Crippen MR) is 346 cm³/mol. The molecule has 2 fully saturated rings. The van der Waals surface area contributed by atoms with E-state index in [9.17, 15) is 16.8 Å². The van der Waals surface area contributed by atoms with Crippen molar-refractivity contribution in [3.05, 3.63) is 274 Å². The van der Waals surface area contributed by atoms with Gasteiger partial charge < -0.3 is 20.4 Å². The number of para-hydroxylation sites is 4. The zero-order chi connectivity index (χ0) is 61.1. The molecule has 8 aromatic rings. The summed E-state index contributed by atoms with van der Waals surface area (Å²) >= 11 is 0. The third kappa shape index (κ3) is 8.17. The number of fused-ring (bicyclic) bond motifs is 9. The van der Waals surface area contributed by atoms with E-state index in [1.54, 1.807) is 73.1 Å². The highest BCUT2D eigenvalue weighted by molar-refractivity contribution is 7.89. The second kappa shape index (κ2) is 20.9. The number of hydrogen-bond donors (Lipinski definition) is 2. The quantitative estimate of drug-likeness (QED) is 0.102. The maximum absolute atomic E-state index is 16.3. The van der Waals surface area contributed by atoms with E-state index in [0.717, 1.165) is 93.2 Å². The number of amides is 2. The van der Waals surface area contributed by atoms with Gasteiger partial charge in [-0.2, -0.15) is 0 Å². The molecule has 16 heteroatoms. The van der Waals surface area contributed by atoms with Crippen LogP contribution in [-0.2, 0) is 64.4 Å². The number of carbonyl (C=O) groups excluding carboxylic acids is 2. The van der Waals surface area contributed by atoms with Gasteiger partial charge in [0.25, 0.3) is 20.0 Å². The number of benzene rings is 8. The van der Waals surface area contributed by atoms with Crippen LogP contribution in [0.15, 0.2) is 228 Å². The topological polar surface area (TPSA) is 146 Å². The molecule has 0 spiro atoms. The van der Waals surface area contributed by atoms with E-state index < -0.39 is 41.7 Å². The van der Waals surface area contributed by atoms with E-state index in [2.05, 4.69) is 58.8 Å². The summed E-state index contributed by atoms with van der Waals surface area (Å²) in [7, 11) is -0.762. The Balaban J connectivity index is 0.964. The Morgan fingerprint density at radius 1 is 0.455 bits per heavy atom. The van der Waals surface area contributed by atoms with Crippen molar-refractivity contribution in [3.63, 3.8) is 0 Å². The summed E-state index contributed by atoms with van der Waals surface area (Å²) in [6, 6.07) is 61.8. The highest BCUT2D eigenvalue weighted by Gasteiger charge is 2.72. The Kier molecular flexibility index (Phi) is 13.6. The number of nitrogens with zero attached hydrogens (tertiary/aromatic N) is 6. The Labute approximate surface area is 516 Å². The van der Waals surface area contributed by atoms with Crippen molar-refractivity contribution in [2.24, 2.45) is 0 Å². The van der Waals surface area contributed by atoms with Gasteiger partial charge in [-0.05, 0) is 134 Å². The molecule has 2 unspecified atom stereocenters. The molecule has 14 nitrogen and oxygen atoms in total. The fourth-order valence-corrected chi connectivity index (χ4v) is 17.8. The second-order valence-electron chi connectivity index (χ2n) is 24.7. The molecular weight excluding hydrogens is 1140 g/mol. The summed E-state index contributed by atoms with van der Waals surface area (Å²) < 4.78 is 60.3. The van der Waals surface area contributed by atoms with Gasteiger partial charge in [-0.1, -0.05) is 169 Å². The largest absolute Gasteiger partial charge is 0.368 e. The lowest BCUT2D eigenvalue weighted by atomic mass is 9.54. The monoisotopic (exact) mass is 1210 g/mol. The van der Waals surface area contributed by atoms with Gasteiger partial charge >= 0.3 is 0 Å². The Bertz CT molecular complexity index is 4130. The Morgan fingerprint density at radius 3 is 1.18 bits per heavy atom. The molecule has 0 aromatic heterocycles. The number of nitrogens with one attached hydrogen (secondary N) is 2. The first-order chi connectivity index (χ1) is 42.4. The summed E-state index contributed by atoms with van der Waals surface area (Å²) in [4.78, 5) is 41.4. The van der Waals surface area contributed by atoms with Crippen LogP contribution in [0.5, 0.6) is 0 Å². The lowest BCUT2D eigenvalue weighted by Crippen LogP contribution is -2.60. The SMILES string of the molecule is Cc1ccc(S(=O)(=O)N(C)/C=C/[C@@]2(c3cccc4c3N[C@@H]3N(C)CCC43C34CCN(C)[C@@H]3Nc3c4cccc3[C@]3(/C=C/N(C)S(=O)(=O)c4ccc(C)cc4)C(=O)N(Cc4ccccc4)c4ccccc43)C(=O)N(Cc3ccccc3)c3ccccc32)cc1. The molecule has 8 aromatic carbocycles. The van der Waals surface area contributed by atoms with Crippen LogP contribution >= 0.6 is 0 Å². The fourth-order valence-electron chi connectivity index (χ4n) is 15.7. The minimum atomic E-state index is -4.06. The number of hydrogen-bond acceptors (Lipinski definition) is 10. The smallest absolute Gasteiger partial charge is 0.263 e. The van der Waals surface area contributed by atoms with Crippen molar-refractivity contribution in [1.82, 2.24) is 18.4 Å². The van der Waals surface area contributed by atoms with Gasteiger partial charge in [-0.15, -0.1) is 0 Å². The zero-order valence-electron chi connectivity index (χ0n) is 50.1. The summed E-state index contributed by atoms with van der Waals surface area (Å²) in [5, 5.41) is 8.30. The lowest BCUT2D eigenvalue weighted by Gasteiger charge is -2.48. The van der Waals surface area contributed by atoms with Crippen molar-refractivity contribution >= 4 is 54.6 Å². The summed E-state index contributed by atoms with van der Waals surface area (Å²) in [6.45, 7) is 5.91. The molecule has 14 rings (SSSR count). The normalized spacial score (nSPS) is 24.5. The molecule has 88 heavy (non-hydrogen) atoms. The summed E-state index contributed by atoms with van der Waals surface area (Å²) in [5.41, 5.74) is 7.43. The van der Waals surface area contributed by atoms with E-state index in [0.29, 0.717) is 11.1 Å².